The van der Waals surface area contributed by atoms with Gasteiger partial charge in [-0.15, -0.1) is 5.10 Å². The van der Waals surface area contributed by atoms with Gasteiger partial charge >= 0.3 is 0 Å². The van der Waals surface area contributed by atoms with E-state index in [9.17, 15) is 4.79 Å². The van der Waals surface area contributed by atoms with E-state index in [1.54, 1.807) is 16.8 Å². The maximum Gasteiger partial charge on any atom is 0.231 e. The monoisotopic (exact) mass is 447 g/mol. The van der Waals surface area contributed by atoms with Gasteiger partial charge < -0.3 is 24.1 Å². The van der Waals surface area contributed by atoms with Crippen molar-refractivity contribution >= 4 is 28.2 Å². The van der Waals surface area contributed by atoms with Crippen LogP contribution in [0.25, 0.3) is 28.1 Å². The molecule has 4 aromatic rings. The number of benzene rings is 1. The highest BCUT2D eigenvalue weighted by molar-refractivity contribution is 5.94. The molecular weight excluding hydrogens is 422 g/mol. The third-order valence-corrected chi connectivity index (χ3v) is 6.32. The number of ether oxygens (including phenoxy) is 2. The van der Waals surface area contributed by atoms with E-state index in [1.165, 1.54) is 0 Å². The number of hydrogen-bond donors (Lipinski definition) is 1. The van der Waals surface area contributed by atoms with Gasteiger partial charge in [0.1, 0.15) is 17.9 Å². The molecule has 0 radical (unpaired) electrons. The summed E-state index contributed by atoms with van der Waals surface area (Å²) in [6, 6.07) is 12.2. The molecule has 6 rings (SSSR count). The van der Waals surface area contributed by atoms with Gasteiger partial charge in [0.2, 0.25) is 11.8 Å². The number of imidazole rings is 1. The Bertz CT molecular complexity index is 1330. The lowest BCUT2D eigenvalue weighted by atomic mass is 10.1. The molecule has 0 aliphatic carbocycles. The molecule has 2 saturated heterocycles. The topological polar surface area (TPSA) is 94.1 Å². The van der Waals surface area contributed by atoms with Crippen molar-refractivity contribution in [2.75, 3.05) is 31.3 Å². The molecule has 1 amide bonds. The van der Waals surface area contributed by atoms with Crippen LogP contribution in [0.3, 0.4) is 0 Å². The van der Waals surface area contributed by atoms with Crippen LogP contribution < -0.4 is 15.0 Å². The van der Waals surface area contributed by atoms with E-state index in [0.29, 0.717) is 43.0 Å². The molecule has 0 bridgehead atoms. The maximum atomic E-state index is 11.4. The van der Waals surface area contributed by atoms with Crippen LogP contribution in [0.15, 0.2) is 47.0 Å². The lowest BCUT2D eigenvalue weighted by molar-refractivity contribution is -0.119. The molecule has 9 nitrogen and oxygen atoms in total. The molecule has 2 aliphatic heterocycles. The quantitative estimate of drug-likeness (QED) is 0.503. The molecule has 2 aliphatic rings. The van der Waals surface area contributed by atoms with Crippen LogP contribution in [-0.2, 0) is 9.53 Å². The van der Waals surface area contributed by atoms with Gasteiger partial charge in [-0.25, -0.2) is 9.50 Å². The number of hydrogen-bond acceptors (Lipinski definition) is 7. The first-order chi connectivity index (χ1) is 16.2. The first kappa shape index (κ1) is 20.0. The van der Waals surface area contributed by atoms with Gasteiger partial charge in [0.05, 0.1) is 25.5 Å². The first-order valence-electron chi connectivity index (χ1n) is 11.3. The number of carbonyl (C=O) groups is 1. The van der Waals surface area contributed by atoms with E-state index < -0.39 is 0 Å². The van der Waals surface area contributed by atoms with Crippen LogP contribution in [0.1, 0.15) is 19.8 Å². The van der Waals surface area contributed by atoms with E-state index in [0.717, 1.165) is 41.9 Å². The number of furan rings is 1. The molecule has 2 unspecified atom stereocenters. The minimum atomic E-state index is 0.0219. The molecule has 2 fully saturated rings. The lowest BCUT2D eigenvalue weighted by Gasteiger charge is -2.35. The van der Waals surface area contributed by atoms with Crippen LogP contribution >= 0.6 is 0 Å². The highest BCUT2D eigenvalue weighted by Gasteiger charge is 2.24. The molecule has 5 heterocycles. The Morgan fingerprint density at radius 3 is 3.06 bits per heavy atom. The average Bonchev–Trinajstić information content (AvgIpc) is 3.55. The third kappa shape index (κ3) is 3.68. The Morgan fingerprint density at radius 1 is 1.27 bits per heavy atom. The predicted octanol–water partition coefficient (Wildman–Crippen LogP) is 3.03. The predicted molar refractivity (Wildman–Crippen MR) is 122 cm³/mol. The van der Waals surface area contributed by atoms with Gasteiger partial charge in [-0.05, 0) is 37.6 Å². The lowest BCUT2D eigenvalue weighted by Crippen LogP contribution is -2.43. The van der Waals surface area contributed by atoms with Crippen molar-refractivity contribution < 1.29 is 18.7 Å². The molecule has 0 saturated carbocycles. The number of nitrogens with one attached hydrogen (secondary N) is 1. The minimum Gasteiger partial charge on any atom is -0.474 e. The second-order valence-electron chi connectivity index (χ2n) is 8.62. The van der Waals surface area contributed by atoms with E-state index >= 15 is 0 Å². The number of carbonyl (C=O) groups excluding carboxylic acids is 1. The maximum absolute atomic E-state index is 11.4. The van der Waals surface area contributed by atoms with Crippen molar-refractivity contribution in [3.05, 3.63) is 42.6 Å². The molecule has 1 aromatic carbocycles. The number of nitrogens with zero attached hydrogens (tertiary/aromatic N) is 4. The molecule has 0 spiro atoms. The second kappa shape index (κ2) is 8.08. The first-order valence-corrected chi connectivity index (χ1v) is 11.3. The Kier molecular flexibility index (Phi) is 4.91. The average molecular weight is 447 g/mol. The van der Waals surface area contributed by atoms with Gasteiger partial charge in [-0.2, -0.15) is 0 Å². The molecule has 2 atom stereocenters. The van der Waals surface area contributed by atoms with Crippen molar-refractivity contribution in [3.8, 4) is 17.3 Å². The zero-order valence-corrected chi connectivity index (χ0v) is 18.4. The number of rotatable bonds is 5. The van der Waals surface area contributed by atoms with Gasteiger partial charge in [0, 0.05) is 36.1 Å². The molecule has 170 valence electrons. The van der Waals surface area contributed by atoms with Gasteiger partial charge in [-0.1, -0.05) is 6.07 Å². The van der Waals surface area contributed by atoms with Crippen LogP contribution in [0.5, 0.6) is 5.88 Å². The van der Waals surface area contributed by atoms with Crippen molar-refractivity contribution in [2.45, 2.75) is 31.8 Å². The smallest absolute Gasteiger partial charge is 0.231 e. The number of fused-ring (bicyclic) bond motifs is 2. The number of anilines is 1. The standard InChI is InChI=1S/C24H25N5O4/c1-15-13-31-10-9-28(15)18-3-2-4-20-17(18)11-21(33-20)19-12-25-22-6-8-24(27-29(19)22)32-14-16-5-7-23(30)26-16/h2-4,6,8,11-12,15-16H,5,7,9-10,13-14H2,1H3,(H,26,30). The van der Waals surface area contributed by atoms with E-state index in [4.69, 9.17) is 13.9 Å². The van der Waals surface area contributed by atoms with Crippen LogP contribution in [0.2, 0.25) is 0 Å². The van der Waals surface area contributed by atoms with Gasteiger partial charge in [0.15, 0.2) is 11.4 Å². The van der Waals surface area contributed by atoms with Crippen molar-refractivity contribution in [1.82, 2.24) is 19.9 Å². The fourth-order valence-corrected chi connectivity index (χ4v) is 4.60. The molecular formula is C24H25N5O4. The largest absolute Gasteiger partial charge is 0.474 e. The summed E-state index contributed by atoms with van der Waals surface area (Å²) in [5, 5.41) is 8.58. The van der Waals surface area contributed by atoms with Crippen molar-refractivity contribution in [1.29, 1.82) is 0 Å². The van der Waals surface area contributed by atoms with Crippen LogP contribution in [0.4, 0.5) is 5.69 Å². The fraction of sp³-hybridized carbons (Fsp3) is 0.375. The Hall–Kier alpha value is -3.59. The van der Waals surface area contributed by atoms with Crippen LogP contribution in [0, 0.1) is 0 Å². The SMILES string of the molecule is CC1COCCN1c1cccc2oc(-c3cnc4ccc(OCC5CCC(=O)N5)nn34)cc12. The molecule has 1 N–H and O–H groups in total. The Balaban J connectivity index is 1.32. The summed E-state index contributed by atoms with van der Waals surface area (Å²) in [7, 11) is 0. The summed E-state index contributed by atoms with van der Waals surface area (Å²) in [6.07, 6.45) is 3.09. The molecule has 33 heavy (non-hydrogen) atoms. The zero-order valence-electron chi connectivity index (χ0n) is 18.4. The van der Waals surface area contributed by atoms with Gasteiger partial charge in [-0.3, -0.25) is 4.79 Å². The fourth-order valence-electron chi connectivity index (χ4n) is 4.60. The highest BCUT2D eigenvalue weighted by atomic mass is 16.5. The highest BCUT2D eigenvalue weighted by Crippen LogP contribution is 2.35. The number of morpholine rings is 1. The van der Waals surface area contributed by atoms with E-state index in [-0.39, 0.29) is 11.9 Å². The summed E-state index contributed by atoms with van der Waals surface area (Å²) < 4.78 is 19.4. The summed E-state index contributed by atoms with van der Waals surface area (Å²) in [5.41, 5.74) is 3.42. The second-order valence-corrected chi connectivity index (χ2v) is 8.62. The summed E-state index contributed by atoms with van der Waals surface area (Å²) in [6.45, 7) is 4.84. The third-order valence-electron chi connectivity index (χ3n) is 6.32. The summed E-state index contributed by atoms with van der Waals surface area (Å²) in [4.78, 5) is 18.3. The van der Waals surface area contributed by atoms with Crippen molar-refractivity contribution in [3.63, 3.8) is 0 Å². The van der Waals surface area contributed by atoms with Gasteiger partial charge in [0.25, 0.3) is 0 Å². The van der Waals surface area contributed by atoms with E-state index in [2.05, 4.69) is 39.4 Å². The Labute approximate surface area is 190 Å². The normalized spacial score (nSPS) is 21.1. The minimum absolute atomic E-state index is 0.0219. The van der Waals surface area contributed by atoms with Crippen molar-refractivity contribution in [2.24, 2.45) is 0 Å². The Morgan fingerprint density at radius 2 is 2.21 bits per heavy atom. The summed E-state index contributed by atoms with van der Waals surface area (Å²) >= 11 is 0. The zero-order chi connectivity index (χ0) is 22.4. The van der Waals surface area contributed by atoms with E-state index in [1.807, 2.05) is 18.2 Å². The van der Waals surface area contributed by atoms with Crippen LogP contribution in [-0.4, -0.2) is 59.0 Å². The molecule has 3 aromatic heterocycles. The number of amides is 1. The molecule has 9 heteroatoms. The summed E-state index contributed by atoms with van der Waals surface area (Å²) in [5.74, 6) is 1.24. The number of aromatic nitrogens is 3.